The molecule has 58 heavy (non-hydrogen) atoms. The van der Waals surface area contributed by atoms with E-state index < -0.39 is 11.4 Å². The Balaban J connectivity index is 1.19. The van der Waals surface area contributed by atoms with Crippen molar-refractivity contribution < 1.29 is 38.0 Å². The molecule has 0 amide bonds. The summed E-state index contributed by atoms with van der Waals surface area (Å²) in [6.07, 6.45) is 21.2. The summed E-state index contributed by atoms with van der Waals surface area (Å²) in [7, 11) is 1.79. The molecule has 1 atom stereocenters. The zero-order chi connectivity index (χ0) is 40.5. The predicted octanol–water partition coefficient (Wildman–Crippen LogP) is 5.02. The van der Waals surface area contributed by atoms with E-state index in [2.05, 4.69) is 41.0 Å². The minimum absolute atomic E-state index is 0.0666. The van der Waals surface area contributed by atoms with Gasteiger partial charge in [-0.15, -0.1) is 15.3 Å². The molecule has 5 rings (SSSR count). The molecule has 3 aromatic heterocycles. The molecule has 0 aliphatic heterocycles. The standard InChI is InChI=1S/C38H62N12O8/c1-48-21-32(41-45-48)24-55-28-38(30-57-26-34-23-50(47-43-34)36-13-9-5-6-10-14-36,31-58-37(51)27-54-20-19-53-18-17-52-16-15-40-44-39)29-56-25-33-22-49(46-42-33)35-11-7-3-2-4-8-12-35/h21-23,35-36H,2-20,24-31H2,1H3. The van der Waals surface area contributed by atoms with E-state index in [1.165, 1.54) is 57.8 Å². The summed E-state index contributed by atoms with van der Waals surface area (Å²) >= 11 is 0. The quantitative estimate of drug-likeness (QED) is 0.0246. The number of aryl methyl sites for hydroxylation is 1. The zero-order valence-electron chi connectivity index (χ0n) is 34.1. The van der Waals surface area contributed by atoms with Crippen molar-refractivity contribution in [3.05, 3.63) is 46.1 Å². The topological polar surface area (TPSA) is 223 Å². The third-order valence-electron chi connectivity index (χ3n) is 10.3. The number of esters is 1. The molecule has 2 saturated carbocycles. The van der Waals surface area contributed by atoms with Crippen LogP contribution in [0.1, 0.15) is 113 Å². The Morgan fingerprint density at radius 3 is 1.62 bits per heavy atom. The molecule has 2 fully saturated rings. The Labute approximate surface area is 340 Å². The molecule has 3 heterocycles. The molecule has 20 heteroatoms. The van der Waals surface area contributed by atoms with Gasteiger partial charge in [0.15, 0.2) is 0 Å². The number of hydrogen-bond acceptors (Lipinski definition) is 15. The van der Waals surface area contributed by atoms with Gasteiger partial charge in [-0.1, -0.05) is 78.5 Å². The first-order valence-corrected chi connectivity index (χ1v) is 20.8. The highest BCUT2D eigenvalue weighted by Gasteiger charge is 2.35. The van der Waals surface area contributed by atoms with E-state index in [9.17, 15) is 4.79 Å². The van der Waals surface area contributed by atoms with E-state index in [0.717, 1.165) is 37.1 Å². The minimum Gasteiger partial charge on any atom is -0.463 e. The van der Waals surface area contributed by atoms with Crippen molar-refractivity contribution in [2.45, 2.75) is 115 Å². The van der Waals surface area contributed by atoms with Gasteiger partial charge in [-0.3, -0.25) is 4.68 Å². The molecule has 0 bridgehead atoms. The van der Waals surface area contributed by atoms with Crippen LogP contribution in [0.15, 0.2) is 23.7 Å². The predicted molar refractivity (Wildman–Crippen MR) is 208 cm³/mol. The maximum absolute atomic E-state index is 13.0. The Morgan fingerprint density at radius 2 is 1.12 bits per heavy atom. The Kier molecular flexibility index (Phi) is 20.3. The van der Waals surface area contributed by atoms with Crippen molar-refractivity contribution >= 4 is 5.97 Å². The molecule has 3 aromatic rings. The number of hydrogen-bond donors (Lipinski definition) is 0. The van der Waals surface area contributed by atoms with Gasteiger partial charge < -0.3 is 33.2 Å². The van der Waals surface area contributed by atoms with Gasteiger partial charge >= 0.3 is 5.97 Å². The summed E-state index contributed by atoms with van der Waals surface area (Å²) in [5, 5.41) is 29.3. The third kappa shape index (κ3) is 16.7. The van der Waals surface area contributed by atoms with Gasteiger partial charge in [-0.05, 0) is 31.2 Å². The van der Waals surface area contributed by atoms with Crippen molar-refractivity contribution in [3.63, 3.8) is 0 Å². The lowest BCUT2D eigenvalue weighted by molar-refractivity contribution is -0.162. The van der Waals surface area contributed by atoms with Crippen molar-refractivity contribution in [1.29, 1.82) is 0 Å². The summed E-state index contributed by atoms with van der Waals surface area (Å²) < 4.78 is 46.6. The molecule has 2 aliphatic rings. The number of ether oxygens (including phenoxy) is 7. The Bertz CT molecular complexity index is 1620. The molecule has 0 spiro atoms. The van der Waals surface area contributed by atoms with E-state index in [0.29, 0.717) is 37.6 Å². The first kappa shape index (κ1) is 45.1. The van der Waals surface area contributed by atoms with Crippen LogP contribution in [0, 0.1) is 5.41 Å². The maximum atomic E-state index is 13.0. The van der Waals surface area contributed by atoms with Crippen LogP contribution in [0.3, 0.4) is 0 Å². The highest BCUT2D eigenvalue weighted by molar-refractivity contribution is 5.70. The summed E-state index contributed by atoms with van der Waals surface area (Å²) in [6.45, 7) is 2.41. The van der Waals surface area contributed by atoms with Crippen LogP contribution in [-0.4, -0.2) is 124 Å². The monoisotopic (exact) mass is 814 g/mol. The molecule has 20 nitrogen and oxygen atoms in total. The number of azide groups is 1. The minimum atomic E-state index is -0.924. The average molecular weight is 815 g/mol. The number of nitrogens with zero attached hydrogens (tertiary/aromatic N) is 12. The lowest BCUT2D eigenvalue weighted by atomic mass is 9.92. The molecule has 0 radical (unpaired) electrons. The number of aromatic nitrogens is 9. The SMILES string of the molecule is Cn1cc(COCC(COCc2cn(C3CCCCCCC3)nn2)(COCc2cn(C3CCCCCC3)nn2)COC(=O)COCCOCCOCCN=[N+]=[N-])nn1. The molecule has 322 valence electrons. The average Bonchev–Trinajstić information content (AvgIpc) is 3.93. The summed E-state index contributed by atoms with van der Waals surface area (Å²) in [5.74, 6) is -0.548. The second-order valence-electron chi connectivity index (χ2n) is 15.3. The summed E-state index contributed by atoms with van der Waals surface area (Å²) in [5.41, 5.74) is 9.49. The Hall–Kier alpha value is -4.04. The number of carbonyl (C=O) groups excluding carboxylic acids is 1. The second kappa shape index (κ2) is 26.1. The van der Waals surface area contributed by atoms with Gasteiger partial charge in [0.05, 0.1) is 109 Å². The van der Waals surface area contributed by atoms with Crippen molar-refractivity contribution in [3.8, 4) is 0 Å². The lowest BCUT2D eigenvalue weighted by Crippen LogP contribution is -2.42. The van der Waals surface area contributed by atoms with Crippen LogP contribution in [0.4, 0.5) is 0 Å². The second-order valence-corrected chi connectivity index (χ2v) is 15.3. The fourth-order valence-electron chi connectivity index (χ4n) is 7.19. The molecule has 2 aliphatic carbocycles. The molecule has 1 unspecified atom stereocenters. The van der Waals surface area contributed by atoms with Crippen molar-refractivity contribution in [2.75, 3.05) is 72.6 Å². The van der Waals surface area contributed by atoms with Gasteiger partial charge in [0.1, 0.15) is 30.3 Å². The number of rotatable bonds is 27. The largest absolute Gasteiger partial charge is 0.463 e. The van der Waals surface area contributed by atoms with Crippen LogP contribution >= 0.6 is 0 Å². The van der Waals surface area contributed by atoms with Crippen LogP contribution in [0.2, 0.25) is 0 Å². The zero-order valence-corrected chi connectivity index (χ0v) is 34.1. The third-order valence-corrected chi connectivity index (χ3v) is 10.3. The highest BCUT2D eigenvalue weighted by atomic mass is 16.6. The summed E-state index contributed by atoms with van der Waals surface area (Å²) in [6, 6.07) is 0.687. The van der Waals surface area contributed by atoms with E-state index >= 15 is 0 Å². The van der Waals surface area contributed by atoms with Gasteiger partial charge in [-0.25, -0.2) is 14.2 Å². The first-order valence-electron chi connectivity index (χ1n) is 20.8. The normalized spacial score (nSPS) is 16.9. The van der Waals surface area contributed by atoms with E-state index in [1.54, 1.807) is 17.9 Å². The first-order chi connectivity index (χ1) is 28.5. The lowest BCUT2D eigenvalue weighted by Gasteiger charge is -2.32. The Morgan fingerprint density at radius 1 is 0.655 bits per heavy atom. The van der Waals surface area contributed by atoms with E-state index in [4.69, 9.17) is 38.7 Å². The van der Waals surface area contributed by atoms with Crippen molar-refractivity contribution in [1.82, 2.24) is 45.0 Å². The molecule has 0 aromatic carbocycles. The summed E-state index contributed by atoms with van der Waals surface area (Å²) in [4.78, 5) is 15.7. The molecule has 0 saturated heterocycles. The molecular weight excluding hydrogens is 752 g/mol. The molecule has 0 N–H and O–H groups in total. The number of carbonyl (C=O) groups is 1. The molecular formula is C38H62N12O8. The fourth-order valence-corrected chi connectivity index (χ4v) is 7.19. The van der Waals surface area contributed by atoms with Gasteiger partial charge in [0, 0.05) is 18.5 Å². The van der Waals surface area contributed by atoms with Gasteiger partial charge in [0.25, 0.3) is 0 Å². The van der Waals surface area contributed by atoms with Crippen molar-refractivity contribution in [2.24, 2.45) is 17.6 Å². The van der Waals surface area contributed by atoms with Crippen LogP contribution in [0.25, 0.3) is 10.4 Å². The van der Waals surface area contributed by atoms with Crippen LogP contribution < -0.4 is 0 Å². The van der Waals surface area contributed by atoms with E-state index in [-0.39, 0.29) is 72.6 Å². The van der Waals surface area contributed by atoms with Crippen LogP contribution in [-0.2, 0) is 64.8 Å². The highest BCUT2D eigenvalue weighted by Crippen LogP contribution is 2.28. The van der Waals surface area contributed by atoms with E-state index in [1.807, 2.05) is 21.8 Å². The van der Waals surface area contributed by atoms with Gasteiger partial charge in [-0.2, -0.15) is 0 Å². The van der Waals surface area contributed by atoms with Crippen LogP contribution in [0.5, 0.6) is 0 Å². The van der Waals surface area contributed by atoms with Gasteiger partial charge in [0.2, 0.25) is 0 Å². The maximum Gasteiger partial charge on any atom is 0.332 e. The smallest absolute Gasteiger partial charge is 0.332 e. The fraction of sp³-hybridized carbons (Fsp3) is 0.816.